The van der Waals surface area contributed by atoms with Crippen LogP contribution in [0.2, 0.25) is 5.02 Å². The van der Waals surface area contributed by atoms with Crippen molar-refractivity contribution in [2.45, 2.75) is 0 Å². The Bertz CT molecular complexity index is 735. The van der Waals surface area contributed by atoms with Crippen molar-refractivity contribution >= 4 is 22.6 Å². The maximum absolute atomic E-state index is 11.5. The van der Waals surface area contributed by atoms with E-state index in [0.29, 0.717) is 16.1 Å². The van der Waals surface area contributed by atoms with Gasteiger partial charge in [0, 0.05) is 5.02 Å². The maximum Gasteiger partial charge on any atom is 1.00 e. The number of benzene rings is 1. The Kier molecular flexibility index (Phi) is 3.87. The summed E-state index contributed by atoms with van der Waals surface area (Å²) in [7, 11) is 0. The van der Waals surface area contributed by atoms with Crippen LogP contribution in [0.1, 0.15) is 0 Å². The quantitative estimate of drug-likeness (QED) is 0.499. The van der Waals surface area contributed by atoms with Gasteiger partial charge in [0.05, 0.1) is 22.9 Å². The number of hydrogen-bond donors (Lipinski definition) is 0. The van der Waals surface area contributed by atoms with Crippen molar-refractivity contribution in [3.63, 3.8) is 0 Å². The third kappa shape index (κ3) is 2.22. The summed E-state index contributed by atoms with van der Waals surface area (Å²) >= 11 is 5.81. The molecule has 7 heteroatoms. The van der Waals surface area contributed by atoms with Gasteiger partial charge in [0.15, 0.2) is 5.56 Å². The number of rotatable bonds is 1. The van der Waals surface area contributed by atoms with E-state index in [1.807, 2.05) is 0 Å². The third-order valence-corrected chi connectivity index (χ3v) is 2.65. The molecule has 0 fully saturated rings. The summed E-state index contributed by atoms with van der Waals surface area (Å²) in [6, 6.07) is 7.12. The molecule has 0 N–H and O–H groups in total. The van der Waals surface area contributed by atoms with E-state index in [9.17, 15) is 4.79 Å². The Hall–Kier alpha value is -1.14. The second-order valence-corrected chi connectivity index (χ2v) is 3.89. The number of nitrogens with zero attached hydrogens (tertiary/aromatic N) is 4. The van der Waals surface area contributed by atoms with Crippen LogP contribution in [-0.2, 0) is 0 Å². The number of fused-ring (bicyclic) bond motifs is 1. The van der Waals surface area contributed by atoms with Gasteiger partial charge >= 0.3 is 29.6 Å². The van der Waals surface area contributed by atoms with Gasteiger partial charge in [-0.3, -0.25) is 4.79 Å². The fraction of sp³-hybridized carbons (Fsp3) is 0. The molecule has 0 aliphatic rings. The molecule has 0 aliphatic heterocycles. The molecule has 2 aromatic heterocycles. The summed E-state index contributed by atoms with van der Waals surface area (Å²) in [6.07, 6.45) is 2.70. The van der Waals surface area contributed by atoms with E-state index < -0.39 is 0 Å². The van der Waals surface area contributed by atoms with Crippen molar-refractivity contribution in [1.29, 1.82) is 0 Å². The van der Waals surface area contributed by atoms with E-state index in [0.717, 1.165) is 5.69 Å². The maximum atomic E-state index is 11.5. The van der Waals surface area contributed by atoms with Crippen molar-refractivity contribution in [2.24, 2.45) is 0 Å². The summed E-state index contributed by atoms with van der Waals surface area (Å²) < 4.78 is 1.58. The third-order valence-electron chi connectivity index (χ3n) is 2.40. The number of aromatic nitrogens is 4. The minimum absolute atomic E-state index is 0. The average molecular weight is 269 g/mol. The van der Waals surface area contributed by atoms with Gasteiger partial charge in [-0.05, 0) is 24.3 Å². The Balaban J connectivity index is 0.00000120. The van der Waals surface area contributed by atoms with Crippen molar-refractivity contribution in [3.8, 4) is 5.69 Å². The molecule has 0 radical (unpaired) electrons. The van der Waals surface area contributed by atoms with Gasteiger partial charge in [-0.15, -0.1) is 0 Å². The molecular formula is C11H6ClN4NaO. The van der Waals surface area contributed by atoms with E-state index in [-0.39, 0.29) is 35.1 Å². The molecule has 18 heavy (non-hydrogen) atoms. The summed E-state index contributed by atoms with van der Waals surface area (Å²) in [6.45, 7) is 0. The van der Waals surface area contributed by atoms with Gasteiger partial charge in [-0.25, -0.2) is 4.68 Å². The molecule has 1 aromatic carbocycles. The summed E-state index contributed by atoms with van der Waals surface area (Å²) in [5.74, 6) is 0. The first-order valence-electron chi connectivity index (χ1n) is 4.87. The van der Waals surface area contributed by atoms with E-state index in [4.69, 9.17) is 11.6 Å². The van der Waals surface area contributed by atoms with Crippen molar-refractivity contribution in [2.75, 3.05) is 0 Å². The van der Waals surface area contributed by atoms with Gasteiger partial charge in [-0.1, -0.05) is 17.9 Å². The van der Waals surface area contributed by atoms with Gasteiger partial charge in [0.1, 0.15) is 0 Å². The molecule has 0 unspecified atom stereocenters. The fourth-order valence-electron chi connectivity index (χ4n) is 1.59. The minimum Gasteiger partial charge on any atom is -0.426 e. The zero-order valence-corrected chi connectivity index (χ0v) is 12.3. The minimum atomic E-state index is -0.324. The van der Waals surface area contributed by atoms with Crippen molar-refractivity contribution < 1.29 is 29.6 Å². The van der Waals surface area contributed by atoms with Crippen LogP contribution in [0, 0.1) is 0 Å². The van der Waals surface area contributed by atoms with Crippen molar-refractivity contribution in [3.05, 3.63) is 52.2 Å². The topological polar surface area (TPSA) is 61.9 Å². The zero-order chi connectivity index (χ0) is 11.8. The average Bonchev–Trinajstić information content (AvgIpc) is 2.75. The molecule has 3 rings (SSSR count). The van der Waals surface area contributed by atoms with E-state index in [2.05, 4.69) is 15.1 Å². The van der Waals surface area contributed by atoms with E-state index in [1.165, 1.54) is 12.5 Å². The van der Waals surface area contributed by atoms with Crippen LogP contribution in [0.15, 0.2) is 41.6 Å². The predicted molar refractivity (Wildman–Crippen MR) is 63.5 cm³/mol. The zero-order valence-electron chi connectivity index (χ0n) is 9.54. The monoisotopic (exact) mass is 268 g/mol. The second kappa shape index (κ2) is 5.24. The molecular weight excluding hydrogens is 263 g/mol. The van der Waals surface area contributed by atoms with Crippen molar-refractivity contribution in [1.82, 2.24) is 19.7 Å². The predicted octanol–water partition coefficient (Wildman–Crippen LogP) is -1.60. The van der Waals surface area contributed by atoms with Crippen LogP contribution >= 0.6 is 11.6 Å². The summed E-state index contributed by atoms with van der Waals surface area (Å²) in [4.78, 5) is 19.1. The SMILES string of the molecule is O=c1[n-]cnc2c1cnn2-c1ccc(Cl)cc1.[Na+]. The molecule has 84 valence electrons. The van der Waals surface area contributed by atoms with Crippen LogP contribution in [0.5, 0.6) is 0 Å². The largest absolute Gasteiger partial charge is 1.00 e. The van der Waals surface area contributed by atoms with Gasteiger partial charge in [0.25, 0.3) is 0 Å². The first kappa shape index (κ1) is 13.3. The molecule has 0 saturated carbocycles. The molecule has 0 saturated heterocycles. The molecule has 0 spiro atoms. The fourth-order valence-corrected chi connectivity index (χ4v) is 1.72. The molecule has 0 bridgehead atoms. The van der Waals surface area contributed by atoms with E-state index in [1.54, 1.807) is 28.9 Å². The molecule has 2 heterocycles. The van der Waals surface area contributed by atoms with Crippen LogP contribution in [0.4, 0.5) is 0 Å². The molecule has 0 aliphatic carbocycles. The summed E-state index contributed by atoms with van der Waals surface area (Å²) in [5.41, 5.74) is 0.963. The molecule has 5 nitrogen and oxygen atoms in total. The van der Waals surface area contributed by atoms with E-state index >= 15 is 0 Å². The molecule has 0 amide bonds. The van der Waals surface area contributed by atoms with Crippen LogP contribution in [-0.4, -0.2) is 14.8 Å². The Labute approximate surface area is 129 Å². The van der Waals surface area contributed by atoms with Gasteiger partial charge < -0.3 is 9.97 Å². The van der Waals surface area contributed by atoms with Crippen LogP contribution in [0.25, 0.3) is 16.7 Å². The molecule has 0 atom stereocenters. The number of hydrogen-bond acceptors (Lipinski definition) is 3. The van der Waals surface area contributed by atoms with Crippen LogP contribution < -0.4 is 40.1 Å². The standard InChI is InChI=1S/C11H7ClN4O.Na/c12-7-1-3-8(4-2-7)16-10-9(5-15-16)11(17)14-6-13-10;/h1-6H,(H,13,14,15,17);/q;+1/p-1. The normalized spacial score (nSPS) is 10.3. The van der Waals surface area contributed by atoms with Crippen LogP contribution in [0.3, 0.4) is 0 Å². The first-order chi connectivity index (χ1) is 8.25. The molecule has 3 aromatic rings. The van der Waals surface area contributed by atoms with Gasteiger partial charge in [-0.2, -0.15) is 5.10 Å². The summed E-state index contributed by atoms with van der Waals surface area (Å²) in [5, 5.41) is 5.18. The Morgan fingerprint density at radius 2 is 1.94 bits per heavy atom. The smallest absolute Gasteiger partial charge is 0.426 e. The first-order valence-corrected chi connectivity index (χ1v) is 5.25. The Morgan fingerprint density at radius 3 is 2.67 bits per heavy atom. The number of halogens is 1. The Morgan fingerprint density at radius 1 is 1.22 bits per heavy atom. The second-order valence-electron chi connectivity index (χ2n) is 3.45. The van der Waals surface area contributed by atoms with Gasteiger partial charge in [0.2, 0.25) is 0 Å².